The number of rotatable bonds is 4. The number of aromatic amines is 1. The van der Waals surface area contributed by atoms with Crippen molar-refractivity contribution in [2.45, 2.75) is 23.1 Å². The van der Waals surface area contributed by atoms with E-state index in [1.165, 1.54) is 16.9 Å². The second-order valence-corrected chi connectivity index (χ2v) is 8.04. The topological polar surface area (TPSA) is 70.7 Å². The fourth-order valence-corrected chi connectivity index (χ4v) is 4.24. The molecule has 0 radical (unpaired) electrons. The number of fused-ring (bicyclic) bond motifs is 1. The van der Waals surface area contributed by atoms with Gasteiger partial charge < -0.3 is 10.3 Å². The first kappa shape index (κ1) is 16.8. The first-order valence-electron chi connectivity index (χ1n) is 8.05. The Morgan fingerprint density at radius 3 is 2.69 bits per heavy atom. The normalized spacial score (nSPS) is 11.0. The summed E-state index contributed by atoms with van der Waals surface area (Å²) in [5.74, 6) is -0.124. The van der Waals surface area contributed by atoms with Gasteiger partial charge in [-0.1, -0.05) is 35.2 Å². The first-order valence-corrected chi connectivity index (χ1v) is 9.75. The number of benzene rings is 2. The Hall–Kier alpha value is -2.64. The maximum absolute atomic E-state index is 12.7. The molecule has 7 heteroatoms. The van der Waals surface area contributed by atoms with Crippen LogP contribution in [0.3, 0.4) is 0 Å². The average Bonchev–Trinajstić information content (AvgIpc) is 3.25. The summed E-state index contributed by atoms with van der Waals surface area (Å²) in [6, 6.07) is 13.5. The van der Waals surface area contributed by atoms with E-state index in [9.17, 15) is 4.79 Å². The van der Waals surface area contributed by atoms with Crippen LogP contribution in [0.1, 0.15) is 21.6 Å². The van der Waals surface area contributed by atoms with Crippen LogP contribution in [-0.4, -0.2) is 21.1 Å². The van der Waals surface area contributed by atoms with Crippen molar-refractivity contribution in [1.82, 2.24) is 15.2 Å². The fraction of sp³-hybridized carbons (Fsp3) is 0.105. The lowest BCUT2D eigenvalue weighted by Gasteiger charge is -2.07. The monoisotopic (exact) mass is 380 g/mol. The van der Waals surface area contributed by atoms with Crippen molar-refractivity contribution in [3.05, 3.63) is 64.8 Å². The van der Waals surface area contributed by atoms with E-state index in [4.69, 9.17) is 0 Å². The van der Waals surface area contributed by atoms with Gasteiger partial charge in [0.2, 0.25) is 0 Å². The van der Waals surface area contributed by atoms with Gasteiger partial charge in [0.15, 0.2) is 4.34 Å². The van der Waals surface area contributed by atoms with Crippen molar-refractivity contribution in [2.24, 2.45) is 0 Å². The molecule has 1 amide bonds. The predicted molar refractivity (Wildman–Crippen MR) is 106 cm³/mol. The summed E-state index contributed by atoms with van der Waals surface area (Å²) in [6.07, 6.45) is 0. The van der Waals surface area contributed by atoms with E-state index < -0.39 is 0 Å². The van der Waals surface area contributed by atoms with Crippen molar-refractivity contribution >= 4 is 45.6 Å². The molecular formula is C19H16N4OS2. The van der Waals surface area contributed by atoms with Gasteiger partial charge in [-0.15, -0.1) is 10.2 Å². The molecule has 2 aromatic heterocycles. The SMILES string of the molecule is Cc1[nH]c2c(C(=O)Nc3ccc(Sc4nncs4)cc3)cccc2c1C. The van der Waals surface area contributed by atoms with Crippen molar-refractivity contribution in [2.75, 3.05) is 5.32 Å². The van der Waals surface area contributed by atoms with Crippen LogP contribution in [0.5, 0.6) is 0 Å². The van der Waals surface area contributed by atoms with Gasteiger partial charge in [0.1, 0.15) is 5.51 Å². The molecule has 26 heavy (non-hydrogen) atoms. The molecule has 2 N–H and O–H groups in total. The highest BCUT2D eigenvalue weighted by molar-refractivity contribution is 8.01. The predicted octanol–water partition coefficient (Wildman–Crippen LogP) is 5.04. The molecule has 0 aliphatic rings. The Balaban J connectivity index is 1.54. The van der Waals surface area contributed by atoms with Gasteiger partial charge in [0.05, 0.1) is 11.1 Å². The van der Waals surface area contributed by atoms with E-state index >= 15 is 0 Å². The van der Waals surface area contributed by atoms with Crippen LogP contribution in [0.2, 0.25) is 0 Å². The third-order valence-corrected chi connectivity index (χ3v) is 6.03. The Morgan fingerprint density at radius 2 is 1.96 bits per heavy atom. The van der Waals surface area contributed by atoms with Crippen molar-refractivity contribution in [3.8, 4) is 0 Å². The van der Waals surface area contributed by atoms with Gasteiger partial charge in [-0.2, -0.15) is 0 Å². The minimum absolute atomic E-state index is 0.124. The van der Waals surface area contributed by atoms with Crippen LogP contribution >= 0.6 is 23.1 Å². The largest absolute Gasteiger partial charge is 0.358 e. The van der Waals surface area contributed by atoms with Crippen molar-refractivity contribution in [3.63, 3.8) is 0 Å². The van der Waals surface area contributed by atoms with Gasteiger partial charge in [0.25, 0.3) is 5.91 Å². The number of hydrogen-bond donors (Lipinski definition) is 2. The first-order chi connectivity index (χ1) is 12.6. The number of para-hydroxylation sites is 1. The molecule has 0 spiro atoms. The summed E-state index contributed by atoms with van der Waals surface area (Å²) in [6.45, 7) is 4.08. The van der Waals surface area contributed by atoms with Gasteiger partial charge >= 0.3 is 0 Å². The maximum atomic E-state index is 12.7. The van der Waals surface area contributed by atoms with E-state index in [0.29, 0.717) is 5.56 Å². The minimum atomic E-state index is -0.124. The van der Waals surface area contributed by atoms with Gasteiger partial charge in [-0.25, -0.2) is 0 Å². The molecule has 0 saturated heterocycles. The molecule has 2 heterocycles. The third kappa shape index (κ3) is 3.23. The van der Waals surface area contributed by atoms with Crippen LogP contribution in [0.4, 0.5) is 5.69 Å². The lowest BCUT2D eigenvalue weighted by Crippen LogP contribution is -2.12. The van der Waals surface area contributed by atoms with E-state index in [1.807, 2.05) is 49.4 Å². The number of carbonyl (C=O) groups is 1. The highest BCUT2D eigenvalue weighted by Gasteiger charge is 2.14. The summed E-state index contributed by atoms with van der Waals surface area (Å²) in [4.78, 5) is 17.1. The number of nitrogens with zero attached hydrogens (tertiary/aromatic N) is 2. The minimum Gasteiger partial charge on any atom is -0.358 e. The molecule has 0 atom stereocenters. The highest BCUT2D eigenvalue weighted by atomic mass is 32.2. The molecule has 0 saturated carbocycles. The summed E-state index contributed by atoms with van der Waals surface area (Å²) < 4.78 is 0.894. The molecule has 0 bridgehead atoms. The summed E-state index contributed by atoms with van der Waals surface area (Å²) in [5, 5.41) is 11.9. The smallest absolute Gasteiger partial charge is 0.257 e. The maximum Gasteiger partial charge on any atom is 0.257 e. The number of aryl methyl sites for hydroxylation is 2. The molecule has 0 unspecified atom stereocenters. The molecular weight excluding hydrogens is 364 g/mol. The number of hydrogen-bond acceptors (Lipinski definition) is 5. The Bertz CT molecular complexity index is 1070. The molecule has 0 fully saturated rings. The molecule has 4 rings (SSSR count). The standard InChI is InChI=1S/C19H16N4OS2/c1-11-12(2)21-17-15(11)4-3-5-16(17)18(24)22-13-6-8-14(9-7-13)26-19-23-20-10-25-19/h3-10,21H,1-2H3,(H,22,24). The summed E-state index contributed by atoms with van der Waals surface area (Å²) >= 11 is 3.05. The summed E-state index contributed by atoms with van der Waals surface area (Å²) in [5.41, 5.74) is 6.25. The second-order valence-electron chi connectivity index (χ2n) is 5.89. The van der Waals surface area contributed by atoms with E-state index in [2.05, 4.69) is 27.4 Å². The van der Waals surface area contributed by atoms with E-state index in [-0.39, 0.29) is 5.91 Å². The number of anilines is 1. The lowest BCUT2D eigenvalue weighted by molar-refractivity contribution is 0.102. The van der Waals surface area contributed by atoms with E-state index in [1.54, 1.807) is 17.3 Å². The molecule has 0 aliphatic carbocycles. The highest BCUT2D eigenvalue weighted by Crippen LogP contribution is 2.29. The Morgan fingerprint density at radius 1 is 1.15 bits per heavy atom. The zero-order chi connectivity index (χ0) is 18.1. The molecule has 2 aromatic carbocycles. The zero-order valence-corrected chi connectivity index (χ0v) is 15.9. The van der Waals surface area contributed by atoms with Gasteiger partial charge in [0, 0.05) is 21.7 Å². The van der Waals surface area contributed by atoms with E-state index in [0.717, 1.165) is 31.5 Å². The number of aromatic nitrogens is 3. The molecule has 0 aliphatic heterocycles. The van der Waals surface area contributed by atoms with Crippen molar-refractivity contribution in [1.29, 1.82) is 0 Å². The van der Waals surface area contributed by atoms with Crippen molar-refractivity contribution < 1.29 is 4.79 Å². The van der Waals surface area contributed by atoms with Crippen LogP contribution < -0.4 is 5.32 Å². The van der Waals surface area contributed by atoms with Gasteiger partial charge in [-0.05, 0) is 49.7 Å². The third-order valence-electron chi connectivity index (χ3n) is 4.25. The number of H-pyrrole nitrogens is 1. The van der Waals surface area contributed by atoms with Crippen LogP contribution in [0.25, 0.3) is 10.9 Å². The second kappa shape index (κ2) is 6.93. The van der Waals surface area contributed by atoms with Crippen LogP contribution in [0, 0.1) is 13.8 Å². The van der Waals surface area contributed by atoms with Crippen LogP contribution in [-0.2, 0) is 0 Å². The molecule has 4 aromatic rings. The average molecular weight is 380 g/mol. The Kier molecular flexibility index (Phi) is 4.48. The number of nitrogens with one attached hydrogen (secondary N) is 2. The Labute approximate surface area is 158 Å². The quantitative estimate of drug-likeness (QED) is 0.520. The summed E-state index contributed by atoms with van der Waals surface area (Å²) in [7, 11) is 0. The lowest BCUT2D eigenvalue weighted by atomic mass is 10.1. The molecule has 130 valence electrons. The number of carbonyl (C=O) groups excluding carboxylic acids is 1. The van der Waals surface area contributed by atoms with Crippen LogP contribution in [0.15, 0.2) is 57.2 Å². The molecule has 5 nitrogen and oxygen atoms in total. The fourth-order valence-electron chi connectivity index (χ4n) is 2.78. The zero-order valence-electron chi connectivity index (χ0n) is 14.2. The van der Waals surface area contributed by atoms with Gasteiger partial charge in [-0.3, -0.25) is 4.79 Å². The number of amides is 1.